The summed E-state index contributed by atoms with van der Waals surface area (Å²) in [7, 11) is 1.60. The van der Waals surface area contributed by atoms with Gasteiger partial charge in [-0.1, -0.05) is 6.42 Å². The molecule has 126 valence electrons. The zero-order chi connectivity index (χ0) is 16.4. The predicted molar refractivity (Wildman–Crippen MR) is 84.4 cm³/mol. The lowest BCUT2D eigenvalue weighted by Gasteiger charge is -2.21. The van der Waals surface area contributed by atoms with E-state index in [9.17, 15) is 9.59 Å². The zero-order valence-electron chi connectivity index (χ0n) is 13.5. The maximum absolute atomic E-state index is 12.0. The molecule has 0 saturated carbocycles. The van der Waals surface area contributed by atoms with Crippen molar-refractivity contribution in [3.05, 3.63) is 27.2 Å². The Morgan fingerprint density at radius 3 is 2.74 bits per heavy atom. The summed E-state index contributed by atoms with van der Waals surface area (Å²) in [6, 6.07) is 0. The van der Waals surface area contributed by atoms with Gasteiger partial charge in [0.1, 0.15) is 0 Å². The smallest absolute Gasteiger partial charge is 0.329 e. The van der Waals surface area contributed by atoms with Crippen LogP contribution in [0.1, 0.15) is 32.6 Å². The van der Waals surface area contributed by atoms with E-state index >= 15 is 0 Å². The molecule has 2 aromatic heterocycles. The topological polar surface area (TPSA) is 91.1 Å². The number of hydrogen-bond acceptors (Lipinski definition) is 5. The Bertz CT molecular complexity index is 798. The third-order valence-electron chi connectivity index (χ3n) is 4.30. The molecule has 1 N–H and O–H groups in total. The third kappa shape index (κ3) is 3.23. The first-order valence-electron chi connectivity index (χ1n) is 7.92. The average Bonchev–Trinajstić information content (AvgIpc) is 3.12. The van der Waals surface area contributed by atoms with Crippen molar-refractivity contribution in [3.8, 4) is 0 Å². The lowest BCUT2D eigenvalue weighted by molar-refractivity contribution is -0.147. The number of rotatable bonds is 6. The molecule has 0 aliphatic carbocycles. The van der Waals surface area contributed by atoms with Crippen LogP contribution in [0.3, 0.4) is 0 Å². The van der Waals surface area contributed by atoms with E-state index in [-0.39, 0.29) is 5.56 Å². The largest absolute Gasteiger partial charge is 0.348 e. The summed E-state index contributed by atoms with van der Waals surface area (Å²) in [5.74, 6) is -0.433. The summed E-state index contributed by atoms with van der Waals surface area (Å²) in [6.07, 6.45) is 5.41. The maximum Gasteiger partial charge on any atom is 0.329 e. The van der Waals surface area contributed by atoms with Crippen molar-refractivity contribution in [2.75, 3.05) is 13.2 Å². The fourth-order valence-electron chi connectivity index (χ4n) is 2.96. The molecular formula is C15H22N4O4. The SMILES string of the molecule is Cn1c(=O)[nH]c(=O)c2c1ncn2CCCCCC1(C)OCCO1. The fourth-order valence-corrected chi connectivity index (χ4v) is 2.96. The molecule has 3 rings (SSSR count). The molecule has 0 spiro atoms. The van der Waals surface area contributed by atoms with Crippen LogP contribution in [0.2, 0.25) is 0 Å². The highest BCUT2D eigenvalue weighted by Gasteiger charge is 2.29. The van der Waals surface area contributed by atoms with E-state index in [1.165, 1.54) is 4.57 Å². The molecule has 3 heterocycles. The lowest BCUT2D eigenvalue weighted by Crippen LogP contribution is -2.29. The number of aryl methyl sites for hydroxylation is 2. The number of aromatic amines is 1. The number of unbranched alkanes of at least 4 members (excludes halogenated alkanes) is 2. The van der Waals surface area contributed by atoms with Gasteiger partial charge in [-0.3, -0.25) is 14.3 Å². The Kier molecular flexibility index (Phi) is 4.36. The van der Waals surface area contributed by atoms with Gasteiger partial charge < -0.3 is 14.0 Å². The van der Waals surface area contributed by atoms with Crippen LogP contribution >= 0.6 is 0 Å². The number of imidazole rings is 1. The highest BCUT2D eigenvalue weighted by atomic mass is 16.7. The summed E-state index contributed by atoms with van der Waals surface area (Å²) < 4.78 is 14.3. The summed E-state index contributed by atoms with van der Waals surface area (Å²) in [5, 5.41) is 0. The van der Waals surface area contributed by atoms with Crippen molar-refractivity contribution >= 4 is 11.2 Å². The first kappa shape index (κ1) is 15.9. The molecule has 0 atom stereocenters. The van der Waals surface area contributed by atoms with Gasteiger partial charge in [0.05, 0.1) is 19.5 Å². The second-order valence-electron chi connectivity index (χ2n) is 6.07. The molecule has 23 heavy (non-hydrogen) atoms. The molecule has 1 aliphatic rings. The third-order valence-corrected chi connectivity index (χ3v) is 4.30. The van der Waals surface area contributed by atoms with Crippen molar-refractivity contribution in [3.63, 3.8) is 0 Å². The van der Waals surface area contributed by atoms with Crippen molar-refractivity contribution in [1.82, 2.24) is 19.1 Å². The van der Waals surface area contributed by atoms with E-state index in [4.69, 9.17) is 9.47 Å². The van der Waals surface area contributed by atoms with Crippen LogP contribution in [0.4, 0.5) is 0 Å². The van der Waals surface area contributed by atoms with Crippen LogP contribution in [-0.2, 0) is 23.1 Å². The molecule has 2 aromatic rings. The van der Waals surface area contributed by atoms with Gasteiger partial charge in [0.25, 0.3) is 5.56 Å². The Labute approximate surface area is 133 Å². The Morgan fingerprint density at radius 1 is 1.26 bits per heavy atom. The summed E-state index contributed by atoms with van der Waals surface area (Å²) in [5.41, 5.74) is 0.0268. The van der Waals surface area contributed by atoms with Crippen molar-refractivity contribution < 1.29 is 9.47 Å². The average molecular weight is 322 g/mol. The Morgan fingerprint density at radius 2 is 2.00 bits per heavy atom. The van der Waals surface area contributed by atoms with Crippen LogP contribution in [-0.4, -0.2) is 38.1 Å². The van der Waals surface area contributed by atoms with E-state index in [1.807, 2.05) is 6.92 Å². The first-order valence-corrected chi connectivity index (χ1v) is 7.92. The molecule has 1 aliphatic heterocycles. The number of nitrogens with zero attached hydrogens (tertiary/aromatic N) is 3. The van der Waals surface area contributed by atoms with Crippen LogP contribution < -0.4 is 11.2 Å². The van der Waals surface area contributed by atoms with Gasteiger partial charge >= 0.3 is 5.69 Å². The fraction of sp³-hybridized carbons (Fsp3) is 0.667. The number of fused-ring (bicyclic) bond motifs is 1. The quantitative estimate of drug-likeness (QED) is 0.792. The predicted octanol–water partition coefficient (Wildman–Crippen LogP) is 0.747. The maximum atomic E-state index is 12.0. The second kappa shape index (κ2) is 6.29. The molecule has 0 amide bonds. The highest BCUT2D eigenvalue weighted by molar-refractivity contribution is 5.69. The van der Waals surface area contributed by atoms with E-state index in [2.05, 4.69) is 9.97 Å². The number of hydrogen-bond donors (Lipinski definition) is 1. The van der Waals surface area contributed by atoms with Crippen molar-refractivity contribution in [2.24, 2.45) is 7.05 Å². The van der Waals surface area contributed by atoms with Gasteiger partial charge in [0.2, 0.25) is 0 Å². The molecule has 8 nitrogen and oxygen atoms in total. The highest BCUT2D eigenvalue weighted by Crippen LogP contribution is 2.25. The molecule has 8 heteroatoms. The second-order valence-corrected chi connectivity index (χ2v) is 6.07. The van der Waals surface area contributed by atoms with E-state index < -0.39 is 11.5 Å². The Balaban J connectivity index is 1.59. The van der Waals surface area contributed by atoms with Crippen molar-refractivity contribution in [2.45, 2.75) is 44.9 Å². The van der Waals surface area contributed by atoms with E-state index in [0.29, 0.717) is 30.9 Å². The molecular weight excluding hydrogens is 300 g/mol. The molecule has 0 unspecified atom stereocenters. The van der Waals surface area contributed by atoms with Crippen molar-refractivity contribution in [1.29, 1.82) is 0 Å². The van der Waals surface area contributed by atoms with E-state index in [0.717, 1.165) is 25.7 Å². The Hall–Kier alpha value is -1.93. The monoisotopic (exact) mass is 322 g/mol. The van der Waals surface area contributed by atoms with Crippen LogP contribution in [0.15, 0.2) is 15.9 Å². The number of H-pyrrole nitrogens is 1. The molecule has 0 aromatic carbocycles. The summed E-state index contributed by atoms with van der Waals surface area (Å²) >= 11 is 0. The minimum atomic E-state index is -0.447. The van der Waals surface area contributed by atoms with Crippen LogP contribution in [0.25, 0.3) is 11.2 Å². The molecule has 0 radical (unpaired) electrons. The zero-order valence-corrected chi connectivity index (χ0v) is 13.5. The van der Waals surface area contributed by atoms with Crippen LogP contribution in [0, 0.1) is 0 Å². The standard InChI is InChI=1S/C15H22N4O4/c1-15(22-8-9-23-15)6-4-3-5-7-19-10-16-12-11(19)13(20)17-14(21)18(12)2/h10H,3-9H2,1-2H3,(H,17,20,21). The summed E-state index contributed by atoms with van der Waals surface area (Å²) in [4.78, 5) is 30.0. The number of aromatic nitrogens is 4. The lowest BCUT2D eigenvalue weighted by atomic mass is 10.1. The number of ether oxygens (including phenoxy) is 2. The molecule has 1 saturated heterocycles. The van der Waals surface area contributed by atoms with Gasteiger partial charge in [0, 0.05) is 20.0 Å². The van der Waals surface area contributed by atoms with Crippen LogP contribution in [0.5, 0.6) is 0 Å². The van der Waals surface area contributed by atoms with Gasteiger partial charge in [-0.2, -0.15) is 0 Å². The van der Waals surface area contributed by atoms with Gasteiger partial charge in [-0.05, 0) is 19.8 Å². The minimum Gasteiger partial charge on any atom is -0.348 e. The molecule has 0 bridgehead atoms. The summed E-state index contributed by atoms with van der Waals surface area (Å²) in [6.45, 7) is 4.00. The van der Waals surface area contributed by atoms with Gasteiger partial charge in [0.15, 0.2) is 17.0 Å². The van der Waals surface area contributed by atoms with Gasteiger partial charge in [-0.25, -0.2) is 9.78 Å². The normalized spacial score (nSPS) is 17.1. The minimum absolute atomic E-state index is 0.388. The van der Waals surface area contributed by atoms with E-state index in [1.54, 1.807) is 17.9 Å². The first-order chi connectivity index (χ1) is 11.0. The molecule has 1 fully saturated rings. The van der Waals surface area contributed by atoms with Gasteiger partial charge in [-0.15, -0.1) is 0 Å². The number of nitrogens with one attached hydrogen (secondary N) is 1.